The lowest BCUT2D eigenvalue weighted by molar-refractivity contribution is 0.144. The highest BCUT2D eigenvalue weighted by atomic mass is 35.5. The fourth-order valence-electron chi connectivity index (χ4n) is 2.40. The van der Waals surface area contributed by atoms with Gasteiger partial charge >= 0.3 is 0 Å². The lowest BCUT2D eigenvalue weighted by Gasteiger charge is -2.32. The van der Waals surface area contributed by atoms with Crippen molar-refractivity contribution in [3.8, 4) is 0 Å². The molecule has 0 aromatic heterocycles. The first kappa shape index (κ1) is 16.2. The van der Waals surface area contributed by atoms with Crippen LogP contribution in [0.15, 0.2) is 29.2 Å². The summed E-state index contributed by atoms with van der Waals surface area (Å²) >= 11 is 7.95. The van der Waals surface area contributed by atoms with Crippen LogP contribution in [0.1, 0.15) is 39.0 Å². The summed E-state index contributed by atoms with van der Waals surface area (Å²) in [6.45, 7) is 2.39. The topological polar surface area (TPSA) is 32.3 Å². The van der Waals surface area contributed by atoms with Crippen LogP contribution in [0.4, 0.5) is 0 Å². The predicted molar refractivity (Wildman–Crippen MR) is 87.7 cm³/mol. The Labute approximate surface area is 131 Å². The summed E-state index contributed by atoms with van der Waals surface area (Å²) in [4.78, 5) is 1.15. The van der Waals surface area contributed by atoms with Gasteiger partial charge in [-0.2, -0.15) is 0 Å². The van der Waals surface area contributed by atoms with E-state index in [1.165, 1.54) is 12.8 Å². The van der Waals surface area contributed by atoms with Gasteiger partial charge in [-0.15, -0.1) is 11.8 Å². The van der Waals surface area contributed by atoms with Crippen LogP contribution in [0.25, 0.3) is 0 Å². The molecule has 0 spiro atoms. The molecule has 0 bridgehead atoms. The van der Waals surface area contributed by atoms with E-state index >= 15 is 0 Å². The molecule has 1 saturated carbocycles. The summed E-state index contributed by atoms with van der Waals surface area (Å²) in [7, 11) is 0. The van der Waals surface area contributed by atoms with Gasteiger partial charge in [0.15, 0.2) is 0 Å². The second kappa shape index (κ2) is 7.69. The molecule has 0 radical (unpaired) electrons. The number of hydrogen-bond acceptors (Lipinski definition) is 3. The second-order valence-electron chi connectivity index (χ2n) is 5.59. The van der Waals surface area contributed by atoms with Crippen molar-refractivity contribution in [2.45, 2.75) is 55.5 Å². The molecule has 1 atom stereocenters. The van der Waals surface area contributed by atoms with E-state index in [1.807, 2.05) is 18.2 Å². The molecule has 0 amide bonds. The molecule has 2 rings (SSSR count). The van der Waals surface area contributed by atoms with Gasteiger partial charge in [0.2, 0.25) is 0 Å². The van der Waals surface area contributed by atoms with Gasteiger partial charge in [-0.1, -0.05) is 30.7 Å². The Kier molecular flexibility index (Phi) is 6.21. The Hall–Kier alpha value is -0.220. The normalized spacial score (nSPS) is 17.9. The van der Waals surface area contributed by atoms with E-state index in [1.54, 1.807) is 11.8 Å². The van der Waals surface area contributed by atoms with E-state index in [2.05, 4.69) is 18.3 Å². The molecule has 1 aromatic carbocycles. The molecule has 1 aliphatic rings. The summed E-state index contributed by atoms with van der Waals surface area (Å²) in [6, 6.07) is 8.61. The van der Waals surface area contributed by atoms with E-state index in [0.29, 0.717) is 6.04 Å². The SMILES string of the molecule is CCC(CO)(CCCSc1ccccc1Cl)NC1CC1. The lowest BCUT2D eigenvalue weighted by atomic mass is 9.91. The third kappa shape index (κ3) is 4.66. The molecular formula is C16H24ClNOS. The van der Waals surface area contributed by atoms with E-state index in [4.69, 9.17) is 11.6 Å². The van der Waals surface area contributed by atoms with Crippen molar-refractivity contribution in [3.05, 3.63) is 29.3 Å². The molecule has 0 aliphatic heterocycles. The van der Waals surface area contributed by atoms with Gasteiger partial charge in [-0.05, 0) is 50.0 Å². The fourth-order valence-corrected chi connectivity index (χ4v) is 3.59. The highest BCUT2D eigenvalue weighted by Crippen LogP contribution is 2.30. The quantitative estimate of drug-likeness (QED) is 0.531. The van der Waals surface area contributed by atoms with Crippen molar-refractivity contribution < 1.29 is 5.11 Å². The van der Waals surface area contributed by atoms with Crippen LogP contribution in [0.2, 0.25) is 5.02 Å². The van der Waals surface area contributed by atoms with Crippen LogP contribution in [0, 0.1) is 0 Å². The third-order valence-corrected chi connectivity index (χ3v) is 5.56. The molecule has 1 aromatic rings. The molecule has 20 heavy (non-hydrogen) atoms. The number of hydrogen-bond donors (Lipinski definition) is 2. The molecule has 1 unspecified atom stereocenters. The van der Waals surface area contributed by atoms with Crippen molar-refractivity contribution in [2.24, 2.45) is 0 Å². The molecule has 4 heteroatoms. The summed E-state index contributed by atoms with van der Waals surface area (Å²) in [6.07, 6.45) is 5.61. The van der Waals surface area contributed by atoms with Gasteiger partial charge < -0.3 is 10.4 Å². The van der Waals surface area contributed by atoms with Crippen molar-refractivity contribution >= 4 is 23.4 Å². The zero-order valence-corrected chi connectivity index (χ0v) is 13.6. The maximum Gasteiger partial charge on any atom is 0.0613 e. The maximum atomic E-state index is 9.72. The minimum absolute atomic E-state index is 0.0811. The summed E-state index contributed by atoms with van der Waals surface area (Å²) < 4.78 is 0. The molecule has 1 fully saturated rings. The van der Waals surface area contributed by atoms with Crippen LogP contribution in [0.3, 0.4) is 0 Å². The monoisotopic (exact) mass is 313 g/mol. The van der Waals surface area contributed by atoms with Crippen LogP contribution in [-0.2, 0) is 0 Å². The smallest absolute Gasteiger partial charge is 0.0613 e. The van der Waals surface area contributed by atoms with Gasteiger partial charge in [-0.3, -0.25) is 0 Å². The molecular weight excluding hydrogens is 290 g/mol. The van der Waals surface area contributed by atoms with Crippen LogP contribution < -0.4 is 5.32 Å². The van der Waals surface area contributed by atoms with Gasteiger partial charge in [0.05, 0.1) is 11.6 Å². The van der Waals surface area contributed by atoms with E-state index in [9.17, 15) is 5.11 Å². The number of rotatable bonds is 9. The molecule has 2 nitrogen and oxygen atoms in total. The zero-order valence-electron chi connectivity index (χ0n) is 12.1. The van der Waals surface area contributed by atoms with Crippen LogP contribution in [0.5, 0.6) is 0 Å². The Morgan fingerprint density at radius 3 is 2.75 bits per heavy atom. The number of thioether (sulfide) groups is 1. The summed E-state index contributed by atoms with van der Waals surface area (Å²) in [5, 5.41) is 14.2. The van der Waals surface area contributed by atoms with Crippen LogP contribution >= 0.6 is 23.4 Å². The highest BCUT2D eigenvalue weighted by molar-refractivity contribution is 7.99. The number of nitrogens with one attached hydrogen (secondary N) is 1. The van der Waals surface area contributed by atoms with E-state index in [-0.39, 0.29) is 12.1 Å². The number of aliphatic hydroxyl groups excluding tert-OH is 1. The summed E-state index contributed by atoms with van der Waals surface area (Å²) in [5.41, 5.74) is -0.0811. The largest absolute Gasteiger partial charge is 0.394 e. The third-order valence-electron chi connectivity index (χ3n) is 3.96. The molecule has 2 N–H and O–H groups in total. The van der Waals surface area contributed by atoms with Crippen molar-refractivity contribution in [1.29, 1.82) is 0 Å². The highest BCUT2D eigenvalue weighted by Gasteiger charge is 2.33. The first-order valence-electron chi connectivity index (χ1n) is 7.45. The van der Waals surface area contributed by atoms with Gasteiger partial charge in [0, 0.05) is 16.5 Å². The summed E-state index contributed by atoms with van der Waals surface area (Å²) in [5.74, 6) is 1.04. The van der Waals surface area contributed by atoms with Crippen molar-refractivity contribution in [1.82, 2.24) is 5.32 Å². The van der Waals surface area contributed by atoms with Crippen molar-refractivity contribution in [3.63, 3.8) is 0 Å². The number of aliphatic hydroxyl groups is 1. The second-order valence-corrected chi connectivity index (χ2v) is 7.14. The van der Waals surface area contributed by atoms with Gasteiger partial charge in [-0.25, -0.2) is 0 Å². The average molecular weight is 314 g/mol. The first-order valence-corrected chi connectivity index (χ1v) is 8.81. The predicted octanol–water partition coefficient (Wildman–Crippen LogP) is 4.11. The maximum absolute atomic E-state index is 9.72. The van der Waals surface area contributed by atoms with Crippen molar-refractivity contribution in [2.75, 3.05) is 12.4 Å². The van der Waals surface area contributed by atoms with E-state index in [0.717, 1.165) is 34.9 Å². The molecule has 1 aliphatic carbocycles. The lowest BCUT2D eigenvalue weighted by Crippen LogP contribution is -2.49. The molecule has 0 saturated heterocycles. The van der Waals surface area contributed by atoms with Crippen LogP contribution in [-0.4, -0.2) is 29.0 Å². The fraction of sp³-hybridized carbons (Fsp3) is 0.625. The zero-order chi connectivity index (χ0) is 14.4. The Bertz CT molecular complexity index is 419. The Morgan fingerprint density at radius 2 is 2.15 bits per heavy atom. The molecule has 0 heterocycles. The Morgan fingerprint density at radius 1 is 1.40 bits per heavy atom. The number of benzene rings is 1. The minimum Gasteiger partial charge on any atom is -0.394 e. The standard InChI is InChI=1S/C16H24ClNOS/c1-2-16(12-19,18-13-8-9-13)10-5-11-20-15-7-4-3-6-14(15)17/h3-4,6-7,13,18-19H,2,5,8-12H2,1H3. The van der Waals surface area contributed by atoms with Gasteiger partial charge in [0.25, 0.3) is 0 Å². The molecule has 112 valence electrons. The first-order chi connectivity index (χ1) is 9.69. The van der Waals surface area contributed by atoms with E-state index < -0.39 is 0 Å². The average Bonchev–Trinajstić information content (AvgIpc) is 3.28. The Balaban J connectivity index is 1.77. The minimum atomic E-state index is -0.0811. The van der Waals surface area contributed by atoms with Gasteiger partial charge in [0.1, 0.15) is 0 Å². The number of halogens is 1.